The fourth-order valence-electron chi connectivity index (χ4n) is 2.62. The Labute approximate surface area is 122 Å². The molecule has 1 aromatic heterocycles. The van der Waals surface area contributed by atoms with Gasteiger partial charge in [0.1, 0.15) is 5.75 Å². The van der Waals surface area contributed by atoms with Crippen LogP contribution in [0.1, 0.15) is 29.8 Å². The molecule has 0 saturated carbocycles. The van der Waals surface area contributed by atoms with E-state index in [1.54, 1.807) is 6.20 Å². The minimum absolute atomic E-state index is 0.102. The van der Waals surface area contributed by atoms with E-state index in [1.165, 1.54) is 5.56 Å². The summed E-state index contributed by atoms with van der Waals surface area (Å²) in [5.74, 6) is 0.987. The Kier molecular flexibility index (Phi) is 3.89. The number of aromatic amines is 1. The second kappa shape index (κ2) is 5.81. The summed E-state index contributed by atoms with van der Waals surface area (Å²) < 4.78 is 5.75. The van der Waals surface area contributed by atoms with Gasteiger partial charge in [-0.05, 0) is 36.2 Å². The van der Waals surface area contributed by atoms with E-state index in [0.29, 0.717) is 0 Å². The minimum atomic E-state index is 0.102. The lowest BCUT2D eigenvalue weighted by molar-refractivity contribution is 0.351. The van der Waals surface area contributed by atoms with Gasteiger partial charge < -0.3 is 10.1 Å². The van der Waals surface area contributed by atoms with Crippen LogP contribution < -0.4 is 10.1 Å². The van der Waals surface area contributed by atoms with Crippen LogP contribution in [0, 0.1) is 0 Å². The molecule has 0 bridgehead atoms. The zero-order valence-electron chi connectivity index (χ0n) is 11.3. The first-order valence-electron chi connectivity index (χ1n) is 6.81. The Morgan fingerprint density at radius 3 is 3.15 bits per heavy atom. The van der Waals surface area contributed by atoms with Crippen molar-refractivity contribution in [3.05, 3.63) is 40.2 Å². The Bertz CT molecular complexity index is 585. The van der Waals surface area contributed by atoms with Gasteiger partial charge in [-0.1, -0.05) is 18.5 Å². The summed E-state index contributed by atoms with van der Waals surface area (Å²) >= 11 is 6.20. The zero-order chi connectivity index (χ0) is 13.9. The van der Waals surface area contributed by atoms with Crippen LogP contribution >= 0.6 is 11.6 Å². The van der Waals surface area contributed by atoms with Gasteiger partial charge in [0.15, 0.2) is 0 Å². The molecule has 0 aliphatic carbocycles. The molecule has 2 N–H and O–H groups in total. The molecule has 1 unspecified atom stereocenters. The highest BCUT2D eigenvalue weighted by Crippen LogP contribution is 2.35. The minimum Gasteiger partial charge on any atom is -0.493 e. The Morgan fingerprint density at radius 2 is 2.40 bits per heavy atom. The molecule has 0 radical (unpaired) electrons. The summed E-state index contributed by atoms with van der Waals surface area (Å²) in [4.78, 5) is 0. The van der Waals surface area contributed by atoms with Crippen LogP contribution in [-0.4, -0.2) is 28.6 Å². The van der Waals surface area contributed by atoms with Crippen LogP contribution in [0.2, 0.25) is 5.02 Å². The maximum Gasteiger partial charge on any atom is 0.125 e. The second-order valence-electron chi connectivity index (χ2n) is 4.86. The topological polar surface area (TPSA) is 62.8 Å². The molecular formula is C14H17ClN4O. The van der Waals surface area contributed by atoms with Gasteiger partial charge >= 0.3 is 0 Å². The molecule has 6 heteroatoms. The number of H-pyrrole nitrogens is 1. The molecule has 2 heterocycles. The number of halogens is 1. The highest BCUT2D eigenvalue weighted by Gasteiger charge is 2.21. The highest BCUT2D eigenvalue weighted by atomic mass is 35.5. The first-order chi connectivity index (χ1) is 9.78. The van der Waals surface area contributed by atoms with Gasteiger partial charge in [0, 0.05) is 11.4 Å². The van der Waals surface area contributed by atoms with Gasteiger partial charge in [0.25, 0.3) is 0 Å². The molecule has 106 valence electrons. The standard InChI is InChI=1S/C14H17ClN4O/c1-2-16-12(13-8-17-19-18-13)7-10-6-11(15)5-9-3-4-20-14(9)10/h5-6,8,12,16H,2-4,7H2,1H3,(H,17,18,19). The number of fused-ring (bicyclic) bond motifs is 1. The summed E-state index contributed by atoms with van der Waals surface area (Å²) in [6, 6.07) is 4.08. The molecule has 1 aliphatic heterocycles. The zero-order valence-corrected chi connectivity index (χ0v) is 12.1. The van der Waals surface area contributed by atoms with Gasteiger partial charge in [0.05, 0.1) is 24.5 Å². The molecule has 20 heavy (non-hydrogen) atoms. The average Bonchev–Trinajstić information content (AvgIpc) is 3.08. The van der Waals surface area contributed by atoms with Crippen LogP contribution in [0.25, 0.3) is 0 Å². The number of aromatic nitrogens is 3. The fraction of sp³-hybridized carbons (Fsp3) is 0.429. The van der Waals surface area contributed by atoms with Crippen LogP contribution in [-0.2, 0) is 12.8 Å². The van der Waals surface area contributed by atoms with Crippen molar-refractivity contribution in [3.8, 4) is 5.75 Å². The summed E-state index contributed by atoms with van der Waals surface area (Å²) in [5, 5.41) is 14.9. The van der Waals surface area contributed by atoms with Crippen molar-refractivity contribution < 1.29 is 4.74 Å². The van der Waals surface area contributed by atoms with Crippen molar-refractivity contribution in [1.82, 2.24) is 20.7 Å². The summed E-state index contributed by atoms with van der Waals surface area (Å²) in [7, 11) is 0. The summed E-state index contributed by atoms with van der Waals surface area (Å²) in [6.07, 6.45) is 3.46. The molecule has 3 rings (SSSR count). The lowest BCUT2D eigenvalue weighted by Crippen LogP contribution is -2.23. The van der Waals surface area contributed by atoms with Crippen molar-refractivity contribution in [1.29, 1.82) is 0 Å². The van der Waals surface area contributed by atoms with Crippen LogP contribution in [0.15, 0.2) is 18.3 Å². The number of hydrogen-bond acceptors (Lipinski definition) is 4. The van der Waals surface area contributed by atoms with E-state index in [4.69, 9.17) is 16.3 Å². The normalized spacial score (nSPS) is 14.9. The third kappa shape index (κ3) is 2.64. The molecular weight excluding hydrogens is 276 g/mol. The molecule has 0 amide bonds. The lowest BCUT2D eigenvalue weighted by atomic mass is 10.00. The molecule has 2 aromatic rings. The van der Waals surface area contributed by atoms with Crippen molar-refractivity contribution in [2.75, 3.05) is 13.2 Å². The number of benzene rings is 1. The highest BCUT2D eigenvalue weighted by molar-refractivity contribution is 6.30. The quantitative estimate of drug-likeness (QED) is 0.887. The SMILES string of the molecule is CCNC(Cc1cc(Cl)cc2c1OCC2)c1cn[nH]n1. The van der Waals surface area contributed by atoms with E-state index >= 15 is 0 Å². The van der Waals surface area contributed by atoms with E-state index in [1.807, 2.05) is 12.1 Å². The van der Waals surface area contributed by atoms with E-state index in [9.17, 15) is 0 Å². The number of nitrogens with one attached hydrogen (secondary N) is 2. The second-order valence-corrected chi connectivity index (χ2v) is 5.30. The van der Waals surface area contributed by atoms with Crippen molar-refractivity contribution in [2.24, 2.45) is 0 Å². The largest absolute Gasteiger partial charge is 0.493 e. The monoisotopic (exact) mass is 292 g/mol. The summed E-state index contributed by atoms with van der Waals surface area (Å²) in [6.45, 7) is 3.67. The molecule has 0 saturated heterocycles. The molecule has 5 nitrogen and oxygen atoms in total. The van der Waals surface area contributed by atoms with E-state index in [2.05, 4.69) is 27.7 Å². The maximum absolute atomic E-state index is 6.20. The maximum atomic E-state index is 6.20. The first-order valence-corrected chi connectivity index (χ1v) is 7.19. The van der Waals surface area contributed by atoms with E-state index in [-0.39, 0.29) is 6.04 Å². The lowest BCUT2D eigenvalue weighted by Gasteiger charge is -2.17. The van der Waals surface area contributed by atoms with Gasteiger partial charge in [0.2, 0.25) is 0 Å². The predicted octanol–water partition coefficient (Wildman–Crippen LogP) is 2.29. The van der Waals surface area contributed by atoms with Crippen LogP contribution in [0.3, 0.4) is 0 Å². The van der Waals surface area contributed by atoms with Crippen molar-refractivity contribution in [2.45, 2.75) is 25.8 Å². The molecule has 0 fully saturated rings. The number of hydrogen-bond donors (Lipinski definition) is 2. The number of rotatable bonds is 5. The third-order valence-electron chi connectivity index (χ3n) is 3.49. The number of nitrogens with zero attached hydrogens (tertiary/aromatic N) is 2. The van der Waals surface area contributed by atoms with Gasteiger partial charge in [-0.15, -0.1) is 0 Å². The summed E-state index contributed by atoms with van der Waals surface area (Å²) in [5.41, 5.74) is 3.22. The Hall–Kier alpha value is -1.59. The fourth-order valence-corrected chi connectivity index (χ4v) is 2.89. The van der Waals surface area contributed by atoms with Crippen LogP contribution in [0.5, 0.6) is 5.75 Å². The number of likely N-dealkylation sites (N-methyl/N-ethyl adjacent to an activating group) is 1. The van der Waals surface area contributed by atoms with Crippen molar-refractivity contribution in [3.63, 3.8) is 0 Å². The Balaban J connectivity index is 1.89. The van der Waals surface area contributed by atoms with Gasteiger partial charge in [-0.2, -0.15) is 15.4 Å². The molecule has 0 spiro atoms. The molecule has 1 aromatic carbocycles. The number of ether oxygens (including phenoxy) is 1. The van der Waals surface area contributed by atoms with Crippen LogP contribution in [0.4, 0.5) is 0 Å². The Morgan fingerprint density at radius 1 is 1.50 bits per heavy atom. The van der Waals surface area contributed by atoms with Gasteiger partial charge in [-0.25, -0.2) is 0 Å². The third-order valence-corrected chi connectivity index (χ3v) is 3.71. The smallest absolute Gasteiger partial charge is 0.125 e. The molecule has 1 aliphatic rings. The predicted molar refractivity (Wildman–Crippen MR) is 77.2 cm³/mol. The average molecular weight is 293 g/mol. The van der Waals surface area contributed by atoms with Crippen molar-refractivity contribution >= 4 is 11.6 Å². The van der Waals surface area contributed by atoms with Gasteiger partial charge in [-0.3, -0.25) is 0 Å². The van der Waals surface area contributed by atoms with E-state index in [0.717, 1.165) is 48.0 Å². The first kappa shape index (κ1) is 13.4. The molecule has 1 atom stereocenters. The van der Waals surface area contributed by atoms with E-state index < -0.39 is 0 Å².